The predicted molar refractivity (Wildman–Crippen MR) is 108 cm³/mol. The number of carbonyl (C=O) groups excluding carboxylic acids is 2. The van der Waals surface area contributed by atoms with Gasteiger partial charge in [-0.05, 0) is 37.3 Å². The standard InChI is InChI=1S/C21H23N3O4/c1-4-28-17-10-9-15(11-18(17)27-3)21(26)22-13-20(25)23-19-12-14-7-5-6-8-16(14)24(19)2/h5-12H,4,13H2,1-3H3,(H,22,26)(H,23,25). The summed E-state index contributed by atoms with van der Waals surface area (Å²) in [5, 5.41) is 6.47. The number of carbonyl (C=O) groups is 2. The monoisotopic (exact) mass is 381 g/mol. The molecule has 1 heterocycles. The van der Waals surface area contributed by atoms with E-state index in [0.717, 1.165) is 10.9 Å². The molecule has 7 nitrogen and oxygen atoms in total. The fraction of sp³-hybridized carbons (Fsp3) is 0.238. The Morgan fingerprint density at radius 1 is 1.07 bits per heavy atom. The zero-order chi connectivity index (χ0) is 20.1. The first-order chi connectivity index (χ1) is 13.5. The highest BCUT2D eigenvalue weighted by Crippen LogP contribution is 2.28. The molecule has 0 fully saturated rings. The molecule has 146 valence electrons. The molecule has 1 aromatic heterocycles. The van der Waals surface area contributed by atoms with Gasteiger partial charge in [0.15, 0.2) is 11.5 Å². The molecule has 0 aliphatic rings. The number of nitrogens with zero attached hydrogens (tertiary/aromatic N) is 1. The normalized spacial score (nSPS) is 10.5. The van der Waals surface area contributed by atoms with E-state index in [4.69, 9.17) is 9.47 Å². The molecular weight excluding hydrogens is 358 g/mol. The number of hydrogen-bond acceptors (Lipinski definition) is 4. The van der Waals surface area contributed by atoms with Crippen LogP contribution >= 0.6 is 0 Å². The molecule has 0 atom stereocenters. The third-order valence-electron chi connectivity index (χ3n) is 4.35. The molecule has 0 saturated heterocycles. The second-order valence-electron chi connectivity index (χ2n) is 6.18. The zero-order valence-corrected chi connectivity index (χ0v) is 16.1. The lowest BCUT2D eigenvalue weighted by atomic mass is 10.2. The van der Waals surface area contributed by atoms with Crippen molar-refractivity contribution in [3.8, 4) is 11.5 Å². The summed E-state index contributed by atoms with van der Waals surface area (Å²) >= 11 is 0. The summed E-state index contributed by atoms with van der Waals surface area (Å²) in [6.45, 7) is 2.22. The maximum absolute atomic E-state index is 12.4. The second-order valence-corrected chi connectivity index (χ2v) is 6.18. The maximum Gasteiger partial charge on any atom is 0.251 e. The molecule has 3 aromatic rings. The number of ether oxygens (including phenoxy) is 2. The van der Waals surface area contributed by atoms with Gasteiger partial charge in [-0.15, -0.1) is 0 Å². The second kappa shape index (κ2) is 8.47. The van der Waals surface area contributed by atoms with Crippen LogP contribution in [-0.2, 0) is 11.8 Å². The molecule has 0 spiro atoms. The van der Waals surface area contributed by atoms with Gasteiger partial charge in [-0.3, -0.25) is 9.59 Å². The number of amides is 2. The molecule has 0 aliphatic carbocycles. The molecule has 7 heteroatoms. The minimum Gasteiger partial charge on any atom is -0.493 e. The fourth-order valence-corrected chi connectivity index (χ4v) is 2.94. The third kappa shape index (κ3) is 4.09. The van der Waals surface area contributed by atoms with Crippen LogP contribution < -0.4 is 20.1 Å². The zero-order valence-electron chi connectivity index (χ0n) is 16.1. The van der Waals surface area contributed by atoms with Crippen molar-refractivity contribution in [3.05, 3.63) is 54.1 Å². The molecule has 2 N–H and O–H groups in total. The van der Waals surface area contributed by atoms with E-state index in [9.17, 15) is 9.59 Å². The van der Waals surface area contributed by atoms with Crippen molar-refractivity contribution in [2.75, 3.05) is 25.6 Å². The smallest absolute Gasteiger partial charge is 0.251 e. The van der Waals surface area contributed by atoms with Crippen molar-refractivity contribution in [1.82, 2.24) is 9.88 Å². The number of aromatic nitrogens is 1. The van der Waals surface area contributed by atoms with E-state index < -0.39 is 0 Å². The largest absolute Gasteiger partial charge is 0.493 e. The number of methoxy groups -OCH3 is 1. The van der Waals surface area contributed by atoms with Gasteiger partial charge in [0.05, 0.1) is 20.3 Å². The van der Waals surface area contributed by atoms with Gasteiger partial charge in [0.2, 0.25) is 5.91 Å². The number of hydrogen-bond donors (Lipinski definition) is 2. The molecular formula is C21H23N3O4. The number of fused-ring (bicyclic) bond motifs is 1. The predicted octanol–water partition coefficient (Wildman–Crippen LogP) is 2.95. The Bertz CT molecular complexity index is 1010. The Hall–Kier alpha value is -3.48. The minimum absolute atomic E-state index is 0.143. The highest BCUT2D eigenvalue weighted by atomic mass is 16.5. The fourth-order valence-electron chi connectivity index (χ4n) is 2.94. The van der Waals surface area contributed by atoms with Crippen molar-refractivity contribution < 1.29 is 19.1 Å². The first-order valence-corrected chi connectivity index (χ1v) is 8.96. The van der Waals surface area contributed by atoms with E-state index in [2.05, 4.69) is 10.6 Å². The van der Waals surface area contributed by atoms with E-state index in [1.807, 2.05) is 48.9 Å². The number of nitrogens with one attached hydrogen (secondary N) is 2. The van der Waals surface area contributed by atoms with Crippen molar-refractivity contribution >= 4 is 28.5 Å². The molecule has 2 aromatic carbocycles. The van der Waals surface area contributed by atoms with Crippen molar-refractivity contribution in [1.29, 1.82) is 0 Å². The molecule has 28 heavy (non-hydrogen) atoms. The van der Waals surface area contributed by atoms with Gasteiger partial charge in [0.25, 0.3) is 5.91 Å². The average Bonchev–Trinajstić information content (AvgIpc) is 3.02. The first-order valence-electron chi connectivity index (χ1n) is 8.96. The van der Waals surface area contributed by atoms with Crippen LogP contribution in [0.3, 0.4) is 0 Å². The Morgan fingerprint density at radius 2 is 1.86 bits per heavy atom. The van der Waals surface area contributed by atoms with Crippen LogP contribution in [0.1, 0.15) is 17.3 Å². The average molecular weight is 381 g/mol. The Balaban J connectivity index is 1.62. The molecule has 3 rings (SSSR count). The highest BCUT2D eigenvalue weighted by Gasteiger charge is 2.13. The van der Waals surface area contributed by atoms with Gasteiger partial charge in [-0.2, -0.15) is 0 Å². The Labute approximate surface area is 163 Å². The van der Waals surface area contributed by atoms with Gasteiger partial charge in [-0.25, -0.2) is 0 Å². The van der Waals surface area contributed by atoms with Crippen LogP contribution in [-0.4, -0.2) is 36.6 Å². The van der Waals surface area contributed by atoms with Crippen molar-refractivity contribution in [2.24, 2.45) is 7.05 Å². The van der Waals surface area contributed by atoms with E-state index in [0.29, 0.717) is 29.5 Å². The number of anilines is 1. The number of rotatable bonds is 7. The van der Waals surface area contributed by atoms with Crippen LogP contribution in [0.5, 0.6) is 11.5 Å². The molecule has 0 saturated carbocycles. The Morgan fingerprint density at radius 3 is 2.57 bits per heavy atom. The lowest BCUT2D eigenvalue weighted by Crippen LogP contribution is -2.33. The molecule has 0 unspecified atom stereocenters. The van der Waals surface area contributed by atoms with Gasteiger partial charge in [-0.1, -0.05) is 18.2 Å². The summed E-state index contributed by atoms with van der Waals surface area (Å²) < 4.78 is 12.6. The first kappa shape index (κ1) is 19.3. The molecule has 0 bridgehead atoms. The van der Waals surface area contributed by atoms with Crippen LogP contribution in [0.25, 0.3) is 10.9 Å². The van der Waals surface area contributed by atoms with Gasteiger partial charge >= 0.3 is 0 Å². The van der Waals surface area contributed by atoms with E-state index in [1.165, 1.54) is 7.11 Å². The highest BCUT2D eigenvalue weighted by molar-refractivity contribution is 6.00. The lowest BCUT2D eigenvalue weighted by molar-refractivity contribution is -0.115. The van der Waals surface area contributed by atoms with E-state index in [-0.39, 0.29) is 18.4 Å². The molecule has 2 amide bonds. The SMILES string of the molecule is CCOc1ccc(C(=O)NCC(=O)Nc2cc3ccccc3n2C)cc1OC. The molecule has 0 aliphatic heterocycles. The maximum atomic E-state index is 12.4. The van der Waals surface area contributed by atoms with Crippen LogP contribution in [0.4, 0.5) is 5.82 Å². The van der Waals surface area contributed by atoms with Crippen LogP contribution in [0.15, 0.2) is 48.5 Å². The van der Waals surface area contributed by atoms with Gasteiger partial charge < -0.3 is 24.7 Å². The summed E-state index contributed by atoms with van der Waals surface area (Å²) in [5.41, 5.74) is 1.40. The van der Waals surface area contributed by atoms with Gasteiger partial charge in [0, 0.05) is 23.5 Å². The van der Waals surface area contributed by atoms with Crippen LogP contribution in [0.2, 0.25) is 0 Å². The molecule has 0 radical (unpaired) electrons. The van der Waals surface area contributed by atoms with Crippen molar-refractivity contribution in [2.45, 2.75) is 6.92 Å². The summed E-state index contributed by atoms with van der Waals surface area (Å²) in [6.07, 6.45) is 0. The minimum atomic E-state index is -0.367. The summed E-state index contributed by atoms with van der Waals surface area (Å²) in [7, 11) is 3.39. The van der Waals surface area contributed by atoms with Crippen molar-refractivity contribution in [3.63, 3.8) is 0 Å². The summed E-state index contributed by atoms with van der Waals surface area (Å²) in [5.74, 6) is 1.03. The van der Waals surface area contributed by atoms with E-state index >= 15 is 0 Å². The third-order valence-corrected chi connectivity index (χ3v) is 4.35. The Kier molecular flexibility index (Phi) is 5.84. The summed E-state index contributed by atoms with van der Waals surface area (Å²) in [4.78, 5) is 24.6. The quantitative estimate of drug-likeness (QED) is 0.659. The number of aryl methyl sites for hydroxylation is 1. The van der Waals surface area contributed by atoms with Gasteiger partial charge in [0.1, 0.15) is 5.82 Å². The topological polar surface area (TPSA) is 81.6 Å². The lowest BCUT2D eigenvalue weighted by Gasteiger charge is -2.11. The van der Waals surface area contributed by atoms with E-state index in [1.54, 1.807) is 18.2 Å². The number of benzene rings is 2. The summed E-state index contributed by atoms with van der Waals surface area (Å²) in [6, 6.07) is 14.6. The van der Waals surface area contributed by atoms with Crippen LogP contribution in [0, 0.1) is 0 Å². The number of para-hydroxylation sites is 1.